The minimum Gasteiger partial charge on any atom is -0.294 e. The predicted molar refractivity (Wildman–Crippen MR) is 78.1 cm³/mol. The maximum absolute atomic E-state index is 13.7. The molecule has 2 rings (SSSR count). The SMILES string of the molecule is O=C(CCC1CCC(C(F)(F)F)CC1)c1cc([N+](=O)[O-])ccc1F. The number of carbonyl (C=O) groups is 1. The van der Waals surface area contributed by atoms with Crippen LogP contribution in [0.3, 0.4) is 0 Å². The van der Waals surface area contributed by atoms with Crippen LogP contribution < -0.4 is 0 Å². The molecule has 1 aromatic rings. The number of alkyl halides is 3. The van der Waals surface area contributed by atoms with Crippen LogP contribution in [0.2, 0.25) is 0 Å². The fourth-order valence-electron chi connectivity index (χ4n) is 3.09. The van der Waals surface area contributed by atoms with E-state index in [2.05, 4.69) is 0 Å². The summed E-state index contributed by atoms with van der Waals surface area (Å²) in [5.74, 6) is -2.67. The minimum absolute atomic E-state index is 0.00527. The molecule has 1 aromatic carbocycles. The molecule has 0 saturated heterocycles. The summed E-state index contributed by atoms with van der Waals surface area (Å²) in [7, 11) is 0. The number of hydrogen-bond acceptors (Lipinski definition) is 3. The van der Waals surface area contributed by atoms with Gasteiger partial charge in [0.2, 0.25) is 0 Å². The Balaban J connectivity index is 1.90. The lowest BCUT2D eigenvalue weighted by atomic mass is 9.79. The normalized spacial score (nSPS) is 21.5. The van der Waals surface area contributed by atoms with Gasteiger partial charge < -0.3 is 0 Å². The average molecular weight is 347 g/mol. The summed E-state index contributed by atoms with van der Waals surface area (Å²) in [6, 6.07) is 2.75. The van der Waals surface area contributed by atoms with Crippen molar-refractivity contribution in [2.75, 3.05) is 0 Å². The zero-order chi connectivity index (χ0) is 17.9. The fraction of sp³-hybridized carbons (Fsp3) is 0.562. The monoisotopic (exact) mass is 347 g/mol. The summed E-state index contributed by atoms with van der Waals surface area (Å²) in [5, 5.41) is 10.7. The van der Waals surface area contributed by atoms with E-state index in [0.29, 0.717) is 19.3 Å². The molecule has 0 atom stereocenters. The maximum atomic E-state index is 13.7. The molecule has 0 heterocycles. The van der Waals surface area contributed by atoms with E-state index in [1.54, 1.807) is 0 Å². The second-order valence-electron chi connectivity index (χ2n) is 6.14. The summed E-state index contributed by atoms with van der Waals surface area (Å²) >= 11 is 0. The molecule has 0 radical (unpaired) electrons. The largest absolute Gasteiger partial charge is 0.391 e. The molecule has 132 valence electrons. The number of halogens is 4. The van der Waals surface area contributed by atoms with Crippen molar-refractivity contribution in [3.63, 3.8) is 0 Å². The molecule has 0 amide bonds. The molecule has 1 aliphatic rings. The lowest BCUT2D eigenvalue weighted by Crippen LogP contribution is -2.27. The molecule has 8 heteroatoms. The highest BCUT2D eigenvalue weighted by atomic mass is 19.4. The van der Waals surface area contributed by atoms with Gasteiger partial charge in [0.15, 0.2) is 5.78 Å². The highest BCUT2D eigenvalue weighted by molar-refractivity contribution is 5.96. The van der Waals surface area contributed by atoms with Crippen molar-refractivity contribution in [2.24, 2.45) is 11.8 Å². The molecule has 24 heavy (non-hydrogen) atoms. The first kappa shape index (κ1) is 18.4. The van der Waals surface area contributed by atoms with Crippen LogP contribution in [0, 0.1) is 27.8 Å². The van der Waals surface area contributed by atoms with Crippen molar-refractivity contribution in [1.82, 2.24) is 0 Å². The highest BCUT2D eigenvalue weighted by Gasteiger charge is 2.41. The van der Waals surface area contributed by atoms with E-state index in [4.69, 9.17) is 0 Å². The van der Waals surface area contributed by atoms with Crippen molar-refractivity contribution in [2.45, 2.75) is 44.7 Å². The van der Waals surface area contributed by atoms with Gasteiger partial charge in [0.1, 0.15) is 5.82 Å². The first-order valence-electron chi connectivity index (χ1n) is 7.72. The molecule has 4 nitrogen and oxygen atoms in total. The van der Waals surface area contributed by atoms with Crippen LogP contribution >= 0.6 is 0 Å². The number of hydrogen-bond donors (Lipinski definition) is 0. The quantitative estimate of drug-likeness (QED) is 0.323. The van der Waals surface area contributed by atoms with Crippen LogP contribution in [0.5, 0.6) is 0 Å². The van der Waals surface area contributed by atoms with Crippen LogP contribution in [0.4, 0.5) is 23.2 Å². The third-order valence-corrected chi connectivity index (χ3v) is 4.55. The van der Waals surface area contributed by atoms with Gasteiger partial charge in [-0.15, -0.1) is 0 Å². The first-order valence-corrected chi connectivity index (χ1v) is 7.72. The topological polar surface area (TPSA) is 60.2 Å². The number of nitrogens with zero attached hydrogens (tertiary/aromatic N) is 1. The number of non-ortho nitro benzene ring substituents is 1. The molecule has 0 spiro atoms. The number of rotatable bonds is 5. The van der Waals surface area contributed by atoms with Crippen LogP contribution in [0.25, 0.3) is 0 Å². The number of nitro groups is 1. The second-order valence-corrected chi connectivity index (χ2v) is 6.14. The predicted octanol–water partition coefficient (Wildman–Crippen LogP) is 5.07. The Morgan fingerprint density at radius 2 is 1.83 bits per heavy atom. The van der Waals surface area contributed by atoms with Crippen LogP contribution in [-0.4, -0.2) is 16.9 Å². The summed E-state index contributed by atoms with van der Waals surface area (Å²) in [4.78, 5) is 22.0. The van der Waals surface area contributed by atoms with Crippen LogP contribution in [0.15, 0.2) is 18.2 Å². The van der Waals surface area contributed by atoms with Crippen LogP contribution in [-0.2, 0) is 0 Å². The Morgan fingerprint density at radius 1 is 1.21 bits per heavy atom. The van der Waals surface area contributed by atoms with Gasteiger partial charge in [0.05, 0.1) is 16.4 Å². The van der Waals surface area contributed by atoms with Crippen molar-refractivity contribution < 1.29 is 27.3 Å². The van der Waals surface area contributed by atoms with Gasteiger partial charge in [-0.1, -0.05) is 0 Å². The standard InChI is InChI=1S/C16H17F4NO3/c17-14-7-6-12(21(23)24)9-13(14)15(22)8-3-10-1-4-11(5-2-10)16(18,19)20/h6-7,9-11H,1-5,8H2. The molecular formula is C16H17F4NO3. The summed E-state index contributed by atoms with van der Waals surface area (Å²) in [5.41, 5.74) is -0.710. The van der Waals surface area contributed by atoms with Gasteiger partial charge in [0, 0.05) is 18.6 Å². The van der Waals surface area contributed by atoms with Crippen LogP contribution in [0.1, 0.15) is 48.9 Å². The number of carbonyl (C=O) groups excluding carboxylic acids is 1. The van der Waals surface area contributed by atoms with Crippen molar-refractivity contribution >= 4 is 11.5 Å². The Kier molecular flexibility index (Phi) is 5.56. The maximum Gasteiger partial charge on any atom is 0.391 e. The highest BCUT2D eigenvalue weighted by Crippen LogP contribution is 2.40. The van der Waals surface area contributed by atoms with Gasteiger partial charge in [-0.3, -0.25) is 14.9 Å². The molecule has 1 saturated carbocycles. The third-order valence-electron chi connectivity index (χ3n) is 4.55. The number of nitro benzene ring substituents is 1. The van der Waals surface area contributed by atoms with Crippen molar-refractivity contribution in [3.05, 3.63) is 39.7 Å². The van der Waals surface area contributed by atoms with Gasteiger partial charge in [-0.2, -0.15) is 13.2 Å². The Labute approximate surface area is 136 Å². The van der Waals surface area contributed by atoms with Gasteiger partial charge in [0.25, 0.3) is 5.69 Å². The molecule has 0 bridgehead atoms. The average Bonchev–Trinajstić information content (AvgIpc) is 2.52. The summed E-state index contributed by atoms with van der Waals surface area (Å²) in [6.07, 6.45) is -2.97. The molecule has 0 aromatic heterocycles. The van der Waals surface area contributed by atoms with Crippen molar-refractivity contribution in [1.29, 1.82) is 0 Å². The molecule has 0 unspecified atom stereocenters. The zero-order valence-corrected chi connectivity index (χ0v) is 12.8. The molecule has 1 fully saturated rings. The second kappa shape index (κ2) is 7.27. The molecule has 0 aliphatic heterocycles. The number of benzene rings is 1. The van der Waals surface area contributed by atoms with E-state index in [1.165, 1.54) is 0 Å². The molecule has 1 aliphatic carbocycles. The van der Waals surface area contributed by atoms with E-state index >= 15 is 0 Å². The van der Waals surface area contributed by atoms with E-state index in [9.17, 15) is 32.5 Å². The Hall–Kier alpha value is -1.99. The van der Waals surface area contributed by atoms with E-state index in [0.717, 1.165) is 18.2 Å². The fourth-order valence-corrected chi connectivity index (χ4v) is 3.09. The Morgan fingerprint density at radius 3 is 2.38 bits per heavy atom. The Bertz CT molecular complexity index is 622. The van der Waals surface area contributed by atoms with Gasteiger partial charge in [-0.05, 0) is 44.1 Å². The van der Waals surface area contributed by atoms with E-state index in [1.807, 2.05) is 0 Å². The molecular weight excluding hydrogens is 330 g/mol. The number of Topliss-reactive ketones (excluding diaryl/α,β-unsaturated/α-hetero) is 1. The molecule has 0 N–H and O–H groups in total. The summed E-state index contributed by atoms with van der Waals surface area (Å²) < 4.78 is 51.5. The number of ketones is 1. The van der Waals surface area contributed by atoms with Gasteiger partial charge >= 0.3 is 6.18 Å². The first-order chi connectivity index (χ1) is 11.2. The summed E-state index contributed by atoms with van der Waals surface area (Å²) in [6.45, 7) is 0. The minimum atomic E-state index is -4.17. The zero-order valence-electron chi connectivity index (χ0n) is 12.8. The van der Waals surface area contributed by atoms with E-state index < -0.39 is 28.6 Å². The third kappa shape index (κ3) is 4.52. The van der Waals surface area contributed by atoms with E-state index in [-0.39, 0.29) is 36.4 Å². The smallest absolute Gasteiger partial charge is 0.294 e. The van der Waals surface area contributed by atoms with Crippen molar-refractivity contribution in [3.8, 4) is 0 Å². The lowest BCUT2D eigenvalue weighted by Gasteiger charge is -2.29. The lowest BCUT2D eigenvalue weighted by molar-refractivity contribution is -0.384. The van der Waals surface area contributed by atoms with Gasteiger partial charge in [-0.25, -0.2) is 4.39 Å².